The van der Waals surface area contributed by atoms with Crippen LogP contribution in [0.2, 0.25) is 0 Å². The summed E-state index contributed by atoms with van der Waals surface area (Å²) in [4.78, 5) is 14.8. The Kier molecular flexibility index (Phi) is 3.91. The molecule has 2 rings (SSSR count). The van der Waals surface area contributed by atoms with E-state index in [1.807, 2.05) is 33.0 Å². The van der Waals surface area contributed by atoms with Gasteiger partial charge in [0, 0.05) is 31.5 Å². The Hall–Kier alpha value is -2.21. The monoisotopic (exact) mass is 258 g/mol. The summed E-state index contributed by atoms with van der Waals surface area (Å²) in [5.41, 5.74) is 4.72. The van der Waals surface area contributed by atoms with Crippen molar-refractivity contribution < 1.29 is 0 Å². The molecular formula is C13H18N6. The molecule has 0 atom stereocenters. The Morgan fingerprint density at radius 2 is 1.89 bits per heavy atom. The highest BCUT2D eigenvalue weighted by atomic mass is 15.3. The molecule has 0 aliphatic heterocycles. The fourth-order valence-corrected chi connectivity index (χ4v) is 1.96. The maximum absolute atomic E-state index is 5.47. The zero-order valence-corrected chi connectivity index (χ0v) is 11.4. The van der Waals surface area contributed by atoms with Crippen LogP contribution in [0.15, 0.2) is 24.5 Å². The standard InChI is InChI=1S/C13H18N6/c1-9-12(18-14)16-10(2)17-13(9)19(3)8-11-4-6-15-7-5-11/h4-7H,8,14H2,1-3H3,(H,16,17,18). The SMILES string of the molecule is Cc1nc(NN)c(C)c(N(C)Cc2ccncc2)n1. The molecule has 0 saturated heterocycles. The van der Waals surface area contributed by atoms with Crippen molar-refractivity contribution in [3.05, 3.63) is 41.5 Å². The van der Waals surface area contributed by atoms with Crippen molar-refractivity contribution in [1.82, 2.24) is 15.0 Å². The summed E-state index contributed by atoms with van der Waals surface area (Å²) in [6.45, 7) is 4.56. The van der Waals surface area contributed by atoms with Gasteiger partial charge in [-0.25, -0.2) is 15.8 Å². The third-order valence-corrected chi connectivity index (χ3v) is 2.90. The average Bonchev–Trinajstić information content (AvgIpc) is 2.42. The molecule has 0 aliphatic rings. The minimum absolute atomic E-state index is 0.657. The van der Waals surface area contributed by atoms with Gasteiger partial charge >= 0.3 is 0 Å². The van der Waals surface area contributed by atoms with Crippen LogP contribution in [0, 0.1) is 13.8 Å². The molecule has 0 fully saturated rings. The summed E-state index contributed by atoms with van der Waals surface area (Å²) >= 11 is 0. The van der Waals surface area contributed by atoms with Crippen LogP contribution >= 0.6 is 0 Å². The van der Waals surface area contributed by atoms with E-state index in [0.717, 1.165) is 17.9 Å². The first-order chi connectivity index (χ1) is 9.11. The lowest BCUT2D eigenvalue weighted by Crippen LogP contribution is -2.21. The van der Waals surface area contributed by atoms with E-state index in [1.165, 1.54) is 5.56 Å². The Morgan fingerprint density at radius 3 is 2.53 bits per heavy atom. The summed E-state index contributed by atoms with van der Waals surface area (Å²) in [7, 11) is 2.00. The molecule has 0 bridgehead atoms. The molecule has 100 valence electrons. The van der Waals surface area contributed by atoms with Gasteiger partial charge in [-0.15, -0.1) is 0 Å². The molecule has 0 amide bonds. The number of nitrogens with one attached hydrogen (secondary N) is 1. The third kappa shape index (κ3) is 2.97. The van der Waals surface area contributed by atoms with Crippen LogP contribution in [0.4, 0.5) is 11.6 Å². The highest BCUT2D eigenvalue weighted by molar-refractivity contribution is 5.57. The van der Waals surface area contributed by atoms with Gasteiger partial charge in [-0.2, -0.15) is 0 Å². The van der Waals surface area contributed by atoms with E-state index < -0.39 is 0 Å². The zero-order valence-electron chi connectivity index (χ0n) is 11.4. The lowest BCUT2D eigenvalue weighted by Gasteiger charge is -2.21. The molecule has 0 aliphatic carbocycles. The number of hydrogen-bond acceptors (Lipinski definition) is 6. The molecule has 3 N–H and O–H groups in total. The second kappa shape index (κ2) is 5.62. The van der Waals surface area contributed by atoms with E-state index in [4.69, 9.17) is 5.84 Å². The van der Waals surface area contributed by atoms with Crippen molar-refractivity contribution >= 4 is 11.6 Å². The lowest BCUT2D eigenvalue weighted by atomic mass is 10.2. The number of hydrazine groups is 1. The topological polar surface area (TPSA) is 80.0 Å². The molecule has 6 heteroatoms. The van der Waals surface area contributed by atoms with Gasteiger partial charge in [0.2, 0.25) is 0 Å². The third-order valence-electron chi connectivity index (χ3n) is 2.90. The van der Waals surface area contributed by atoms with Crippen molar-refractivity contribution in [3.8, 4) is 0 Å². The number of aromatic nitrogens is 3. The van der Waals surface area contributed by atoms with E-state index in [0.29, 0.717) is 11.6 Å². The van der Waals surface area contributed by atoms with Crippen molar-refractivity contribution in [1.29, 1.82) is 0 Å². The highest BCUT2D eigenvalue weighted by Crippen LogP contribution is 2.23. The Balaban J connectivity index is 2.28. The molecule has 2 aromatic heterocycles. The summed E-state index contributed by atoms with van der Waals surface area (Å²) < 4.78 is 0. The van der Waals surface area contributed by atoms with Gasteiger partial charge in [-0.3, -0.25) is 4.98 Å². The van der Waals surface area contributed by atoms with Gasteiger partial charge in [0.15, 0.2) is 0 Å². The van der Waals surface area contributed by atoms with E-state index >= 15 is 0 Å². The molecule has 0 unspecified atom stereocenters. The van der Waals surface area contributed by atoms with Gasteiger partial charge < -0.3 is 10.3 Å². The minimum Gasteiger partial charge on any atom is -0.355 e. The number of rotatable bonds is 4. The van der Waals surface area contributed by atoms with Gasteiger partial charge in [0.1, 0.15) is 17.5 Å². The smallest absolute Gasteiger partial charge is 0.148 e. The quantitative estimate of drug-likeness (QED) is 0.637. The van der Waals surface area contributed by atoms with E-state index in [9.17, 15) is 0 Å². The number of nitrogens with two attached hydrogens (primary N) is 1. The van der Waals surface area contributed by atoms with E-state index in [1.54, 1.807) is 12.4 Å². The number of hydrogen-bond donors (Lipinski definition) is 2. The Bertz CT molecular complexity index is 555. The van der Waals surface area contributed by atoms with Gasteiger partial charge in [0.05, 0.1) is 0 Å². The average molecular weight is 258 g/mol. The lowest BCUT2D eigenvalue weighted by molar-refractivity contribution is 0.868. The van der Waals surface area contributed by atoms with Crippen LogP contribution in [-0.2, 0) is 6.54 Å². The molecule has 0 saturated carbocycles. The van der Waals surface area contributed by atoms with Crippen molar-refractivity contribution in [3.63, 3.8) is 0 Å². The van der Waals surface area contributed by atoms with Gasteiger partial charge in [-0.1, -0.05) is 0 Å². The second-order valence-electron chi connectivity index (χ2n) is 4.42. The first-order valence-electron chi connectivity index (χ1n) is 6.03. The summed E-state index contributed by atoms with van der Waals surface area (Å²) in [5.74, 6) is 7.69. The molecule has 0 aromatic carbocycles. The predicted molar refractivity (Wildman–Crippen MR) is 75.7 cm³/mol. The summed E-state index contributed by atoms with van der Waals surface area (Å²) in [6.07, 6.45) is 3.57. The Morgan fingerprint density at radius 1 is 1.21 bits per heavy atom. The van der Waals surface area contributed by atoms with Gasteiger partial charge in [-0.05, 0) is 31.5 Å². The zero-order chi connectivity index (χ0) is 13.8. The van der Waals surface area contributed by atoms with E-state index in [-0.39, 0.29) is 0 Å². The molecule has 2 aromatic rings. The number of nitrogen functional groups attached to an aromatic ring is 1. The summed E-state index contributed by atoms with van der Waals surface area (Å²) in [6, 6.07) is 3.98. The number of aryl methyl sites for hydroxylation is 1. The predicted octanol–water partition coefficient (Wildman–Crippen LogP) is 1.41. The number of nitrogens with zero attached hydrogens (tertiary/aromatic N) is 4. The fraction of sp³-hybridized carbons (Fsp3) is 0.308. The maximum Gasteiger partial charge on any atom is 0.148 e. The van der Waals surface area contributed by atoms with Crippen LogP contribution < -0.4 is 16.2 Å². The van der Waals surface area contributed by atoms with Crippen LogP contribution in [0.1, 0.15) is 17.0 Å². The fourth-order valence-electron chi connectivity index (χ4n) is 1.96. The first-order valence-corrected chi connectivity index (χ1v) is 6.03. The van der Waals surface area contributed by atoms with Crippen LogP contribution in [0.3, 0.4) is 0 Å². The van der Waals surface area contributed by atoms with Gasteiger partial charge in [0.25, 0.3) is 0 Å². The minimum atomic E-state index is 0.657. The molecule has 0 spiro atoms. The highest BCUT2D eigenvalue weighted by Gasteiger charge is 2.12. The number of pyridine rings is 1. The van der Waals surface area contributed by atoms with Crippen LogP contribution in [0.5, 0.6) is 0 Å². The maximum atomic E-state index is 5.47. The molecule has 0 radical (unpaired) electrons. The van der Waals surface area contributed by atoms with Crippen LogP contribution in [-0.4, -0.2) is 22.0 Å². The molecule has 19 heavy (non-hydrogen) atoms. The summed E-state index contributed by atoms with van der Waals surface area (Å²) in [5, 5.41) is 0. The van der Waals surface area contributed by atoms with Crippen molar-refractivity contribution in [2.75, 3.05) is 17.4 Å². The number of anilines is 2. The first kappa shape index (κ1) is 13.2. The van der Waals surface area contributed by atoms with E-state index in [2.05, 4.69) is 25.3 Å². The normalized spacial score (nSPS) is 10.3. The largest absolute Gasteiger partial charge is 0.355 e. The Labute approximate surface area is 112 Å². The molecule has 2 heterocycles. The molecule has 6 nitrogen and oxygen atoms in total. The van der Waals surface area contributed by atoms with Crippen molar-refractivity contribution in [2.24, 2.45) is 5.84 Å². The van der Waals surface area contributed by atoms with Crippen LogP contribution in [0.25, 0.3) is 0 Å². The van der Waals surface area contributed by atoms with Crippen molar-refractivity contribution in [2.45, 2.75) is 20.4 Å². The second-order valence-corrected chi connectivity index (χ2v) is 4.42. The molecular weight excluding hydrogens is 240 g/mol.